The highest BCUT2D eigenvalue weighted by molar-refractivity contribution is 7.99. The second-order valence-electron chi connectivity index (χ2n) is 6.84. The van der Waals surface area contributed by atoms with Gasteiger partial charge in [-0.15, -0.1) is 0 Å². The molecule has 1 aromatic rings. The van der Waals surface area contributed by atoms with Gasteiger partial charge in [-0.25, -0.2) is 4.79 Å². The van der Waals surface area contributed by atoms with Crippen molar-refractivity contribution in [1.82, 2.24) is 9.80 Å². The fourth-order valence-electron chi connectivity index (χ4n) is 3.41. The lowest BCUT2D eigenvalue weighted by molar-refractivity contribution is -0.133. The normalized spacial score (nSPS) is 20.2. The van der Waals surface area contributed by atoms with Crippen LogP contribution >= 0.6 is 11.8 Å². The van der Waals surface area contributed by atoms with E-state index in [4.69, 9.17) is 9.47 Å². The Hall–Kier alpha value is -1.89. The summed E-state index contributed by atoms with van der Waals surface area (Å²) in [5.74, 6) is 0.967. The van der Waals surface area contributed by atoms with Crippen LogP contribution in [0.2, 0.25) is 0 Å². The average Bonchev–Trinajstić information content (AvgIpc) is 2.97. The molecule has 2 amide bonds. The molecule has 0 saturated carbocycles. The van der Waals surface area contributed by atoms with Crippen LogP contribution in [0.5, 0.6) is 5.75 Å². The molecule has 142 valence electrons. The summed E-state index contributed by atoms with van der Waals surface area (Å²) in [5, 5.41) is -0.0261. The summed E-state index contributed by atoms with van der Waals surface area (Å²) in [4.78, 5) is 28.1. The van der Waals surface area contributed by atoms with Crippen molar-refractivity contribution in [2.24, 2.45) is 0 Å². The Morgan fingerprint density at radius 3 is 2.65 bits per heavy atom. The third-order valence-electron chi connectivity index (χ3n) is 5.10. The lowest BCUT2D eigenvalue weighted by Crippen LogP contribution is -2.50. The first-order chi connectivity index (χ1) is 12.5. The van der Waals surface area contributed by atoms with Crippen molar-refractivity contribution in [3.63, 3.8) is 0 Å². The number of hydrogen-bond acceptors (Lipinski definition) is 5. The lowest BCUT2D eigenvalue weighted by Gasteiger charge is -2.38. The van der Waals surface area contributed by atoms with E-state index >= 15 is 0 Å². The highest BCUT2D eigenvalue weighted by Crippen LogP contribution is 2.33. The maximum atomic E-state index is 12.3. The predicted octanol–water partition coefficient (Wildman–Crippen LogP) is 2.63. The van der Waals surface area contributed by atoms with Crippen LogP contribution in [-0.2, 0) is 9.53 Å². The molecule has 26 heavy (non-hydrogen) atoms. The maximum absolute atomic E-state index is 12.3. The van der Waals surface area contributed by atoms with E-state index in [-0.39, 0.29) is 17.3 Å². The quantitative estimate of drug-likeness (QED) is 0.762. The molecule has 2 heterocycles. The molecule has 1 unspecified atom stereocenters. The summed E-state index contributed by atoms with van der Waals surface area (Å²) < 4.78 is 11.4. The van der Waals surface area contributed by atoms with Crippen LogP contribution in [0.4, 0.5) is 4.79 Å². The summed E-state index contributed by atoms with van der Waals surface area (Å²) in [6, 6.07) is 9.56. The Kier molecular flexibility index (Phi) is 5.96. The number of carbonyl (C=O) groups excluding carboxylic acids is 2. The van der Waals surface area contributed by atoms with E-state index in [9.17, 15) is 9.59 Å². The standard InChI is InChI=1S/C19H26N2O4S/c1-15(26-2)17(22)20-10-8-19(9-11-20)14-21(18(23)25-19)12-13-24-16-6-4-3-5-7-16/h3-7,15H,8-14H2,1-2H3. The van der Waals surface area contributed by atoms with E-state index in [0.717, 1.165) is 5.75 Å². The number of ether oxygens (including phenoxy) is 2. The van der Waals surface area contributed by atoms with Crippen molar-refractivity contribution in [3.8, 4) is 5.75 Å². The van der Waals surface area contributed by atoms with Gasteiger partial charge in [-0.1, -0.05) is 18.2 Å². The van der Waals surface area contributed by atoms with Crippen molar-refractivity contribution in [1.29, 1.82) is 0 Å². The Morgan fingerprint density at radius 1 is 1.31 bits per heavy atom. The number of amides is 2. The zero-order valence-electron chi connectivity index (χ0n) is 15.3. The number of carbonyl (C=O) groups is 2. The molecular formula is C19H26N2O4S. The highest BCUT2D eigenvalue weighted by atomic mass is 32.2. The molecule has 1 spiro atoms. The van der Waals surface area contributed by atoms with Crippen molar-refractivity contribution in [2.75, 3.05) is 39.0 Å². The SMILES string of the molecule is CSC(C)C(=O)N1CCC2(CC1)CN(CCOc1ccccc1)C(=O)O2. The van der Waals surface area contributed by atoms with Gasteiger partial charge in [0.25, 0.3) is 0 Å². The Bertz CT molecular complexity index is 632. The molecule has 2 aliphatic heterocycles. The van der Waals surface area contributed by atoms with E-state index in [2.05, 4.69) is 0 Å². The first-order valence-corrected chi connectivity index (χ1v) is 10.3. The molecule has 2 saturated heterocycles. The molecule has 0 radical (unpaired) electrons. The van der Waals surface area contributed by atoms with Crippen molar-refractivity contribution in [2.45, 2.75) is 30.6 Å². The fourth-order valence-corrected chi connectivity index (χ4v) is 3.76. The van der Waals surface area contributed by atoms with Crippen LogP contribution in [0.3, 0.4) is 0 Å². The monoisotopic (exact) mass is 378 g/mol. The van der Waals surface area contributed by atoms with E-state index in [1.54, 1.807) is 16.7 Å². The highest BCUT2D eigenvalue weighted by Gasteiger charge is 2.47. The van der Waals surface area contributed by atoms with Gasteiger partial charge in [-0.05, 0) is 25.3 Å². The minimum atomic E-state index is -0.455. The molecule has 0 bridgehead atoms. The second-order valence-corrected chi connectivity index (χ2v) is 8.02. The number of rotatable bonds is 6. The molecule has 1 atom stereocenters. The third-order valence-corrected chi connectivity index (χ3v) is 6.01. The van der Waals surface area contributed by atoms with Gasteiger partial charge in [0.2, 0.25) is 5.91 Å². The van der Waals surface area contributed by atoms with Crippen LogP contribution in [-0.4, -0.2) is 71.7 Å². The van der Waals surface area contributed by atoms with Gasteiger partial charge in [-0.3, -0.25) is 4.79 Å². The molecule has 2 aliphatic rings. The smallest absolute Gasteiger partial charge is 0.410 e. The number of para-hydroxylation sites is 1. The Labute approximate surface area is 158 Å². The van der Waals surface area contributed by atoms with Gasteiger partial charge in [0.1, 0.15) is 18.0 Å². The van der Waals surface area contributed by atoms with Gasteiger partial charge in [-0.2, -0.15) is 11.8 Å². The number of hydrogen-bond donors (Lipinski definition) is 0. The maximum Gasteiger partial charge on any atom is 0.410 e. The molecule has 0 aliphatic carbocycles. The molecule has 1 aromatic carbocycles. The molecule has 3 rings (SSSR count). The molecule has 7 heteroatoms. The summed E-state index contributed by atoms with van der Waals surface area (Å²) in [6.45, 7) is 4.73. The number of benzene rings is 1. The molecular weight excluding hydrogens is 352 g/mol. The van der Waals surface area contributed by atoms with Crippen molar-refractivity contribution < 1.29 is 19.1 Å². The lowest BCUT2D eigenvalue weighted by atomic mass is 9.91. The van der Waals surface area contributed by atoms with Gasteiger partial charge >= 0.3 is 6.09 Å². The molecule has 2 fully saturated rings. The number of thioether (sulfide) groups is 1. The largest absolute Gasteiger partial charge is 0.492 e. The summed E-state index contributed by atoms with van der Waals surface area (Å²) in [7, 11) is 0. The second kappa shape index (κ2) is 8.20. The first kappa shape index (κ1) is 18.9. The molecule has 0 aromatic heterocycles. The first-order valence-electron chi connectivity index (χ1n) is 9.00. The van der Waals surface area contributed by atoms with Gasteiger partial charge in [0, 0.05) is 25.9 Å². The van der Waals surface area contributed by atoms with Gasteiger partial charge in [0.15, 0.2) is 0 Å². The zero-order valence-corrected chi connectivity index (χ0v) is 16.2. The van der Waals surface area contributed by atoms with Crippen molar-refractivity contribution in [3.05, 3.63) is 30.3 Å². The minimum Gasteiger partial charge on any atom is -0.492 e. The van der Waals surface area contributed by atoms with E-state index < -0.39 is 5.60 Å². The fraction of sp³-hybridized carbons (Fsp3) is 0.579. The Morgan fingerprint density at radius 2 is 2.00 bits per heavy atom. The van der Waals surface area contributed by atoms with Crippen LogP contribution in [0.25, 0.3) is 0 Å². The topological polar surface area (TPSA) is 59.1 Å². The van der Waals surface area contributed by atoms with Gasteiger partial charge in [0.05, 0.1) is 18.3 Å². The van der Waals surface area contributed by atoms with Gasteiger partial charge < -0.3 is 19.3 Å². The van der Waals surface area contributed by atoms with Crippen molar-refractivity contribution >= 4 is 23.8 Å². The van der Waals surface area contributed by atoms with Crippen LogP contribution in [0.1, 0.15) is 19.8 Å². The zero-order chi connectivity index (χ0) is 18.6. The Balaban J connectivity index is 1.48. The van der Waals surface area contributed by atoms with E-state index in [0.29, 0.717) is 45.6 Å². The third kappa shape index (κ3) is 4.26. The van der Waals surface area contributed by atoms with Crippen LogP contribution in [0.15, 0.2) is 30.3 Å². The van der Waals surface area contributed by atoms with E-state index in [1.807, 2.05) is 48.4 Å². The number of likely N-dealkylation sites (tertiary alicyclic amines) is 1. The minimum absolute atomic E-state index is 0.0261. The average molecular weight is 378 g/mol. The number of nitrogens with zero attached hydrogens (tertiary/aromatic N) is 2. The summed E-state index contributed by atoms with van der Waals surface area (Å²) in [6.07, 6.45) is 3.06. The molecule has 0 N–H and O–H groups in total. The van der Waals surface area contributed by atoms with Crippen LogP contribution < -0.4 is 4.74 Å². The predicted molar refractivity (Wildman–Crippen MR) is 102 cm³/mol. The summed E-state index contributed by atoms with van der Waals surface area (Å²) in [5.41, 5.74) is -0.455. The van der Waals surface area contributed by atoms with E-state index in [1.165, 1.54) is 0 Å². The van der Waals surface area contributed by atoms with Crippen LogP contribution in [0, 0.1) is 0 Å². The number of piperidine rings is 1. The summed E-state index contributed by atoms with van der Waals surface area (Å²) >= 11 is 1.56. The molecule has 6 nitrogen and oxygen atoms in total.